The van der Waals surface area contributed by atoms with E-state index in [9.17, 15) is 0 Å². The number of aromatic nitrogens is 2. The van der Waals surface area contributed by atoms with Crippen LogP contribution in [0.15, 0.2) is 217 Å². The normalized spacial score (nSPS) is 11.8. The number of hydrogen-bond donors (Lipinski definition) is 0. The molecule has 3 heterocycles. The minimum Gasteiger partial charge on any atom is -0.455 e. The minimum absolute atomic E-state index is 0.913. The van der Waals surface area contributed by atoms with Crippen LogP contribution in [-0.2, 0) is 0 Å². The summed E-state index contributed by atoms with van der Waals surface area (Å²) >= 11 is 0. The van der Waals surface area contributed by atoms with E-state index in [1.54, 1.807) is 0 Å². The number of nitrogens with zero attached hydrogens (tertiary/aromatic N) is 3. The quantitative estimate of drug-likeness (QED) is 0.170. The van der Waals surface area contributed by atoms with Gasteiger partial charge in [-0.3, -0.25) is 0 Å². The fourth-order valence-corrected chi connectivity index (χ4v) is 9.10. The van der Waals surface area contributed by atoms with Gasteiger partial charge in [-0.15, -0.1) is 0 Å². The molecule has 12 rings (SSSR count). The number of fused-ring (bicyclic) bond motifs is 10. The molecule has 0 aliphatic heterocycles. The Bertz CT molecular complexity index is 3440. The predicted molar refractivity (Wildman–Crippen MR) is 243 cm³/mol. The zero-order valence-corrected chi connectivity index (χ0v) is 31.5. The van der Waals surface area contributed by atoms with Crippen LogP contribution in [0.1, 0.15) is 0 Å². The van der Waals surface area contributed by atoms with Crippen LogP contribution in [0.25, 0.3) is 88.1 Å². The molecule has 0 amide bonds. The highest BCUT2D eigenvalue weighted by Gasteiger charge is 2.20. The van der Waals surface area contributed by atoms with Crippen LogP contribution in [0.2, 0.25) is 0 Å². The van der Waals surface area contributed by atoms with Gasteiger partial charge in [-0.25, -0.2) is 0 Å². The molecule has 0 bridgehead atoms. The van der Waals surface area contributed by atoms with E-state index in [-0.39, 0.29) is 0 Å². The van der Waals surface area contributed by atoms with E-state index in [0.29, 0.717) is 0 Å². The Kier molecular flexibility index (Phi) is 7.20. The van der Waals surface area contributed by atoms with Crippen molar-refractivity contribution >= 4 is 82.6 Å². The average Bonchev–Trinajstić information content (AvgIpc) is 3.95. The van der Waals surface area contributed by atoms with Gasteiger partial charge in [-0.05, 0) is 108 Å². The maximum atomic E-state index is 6.57. The molecule has 0 saturated carbocycles. The highest BCUT2D eigenvalue weighted by Crippen LogP contribution is 2.42. The Morgan fingerprint density at radius 2 is 0.828 bits per heavy atom. The van der Waals surface area contributed by atoms with Crippen molar-refractivity contribution in [3.05, 3.63) is 212 Å². The number of rotatable bonds is 6. The first-order valence-electron chi connectivity index (χ1n) is 19.8. The summed E-state index contributed by atoms with van der Waals surface area (Å²) in [5.74, 6) is 0. The monoisotopic (exact) mass is 741 g/mol. The Labute approximate surface area is 334 Å². The maximum absolute atomic E-state index is 6.57. The van der Waals surface area contributed by atoms with Crippen LogP contribution >= 0.6 is 0 Å². The molecule has 3 aromatic heterocycles. The molecule has 0 aliphatic carbocycles. The van der Waals surface area contributed by atoms with E-state index >= 15 is 0 Å². The largest absolute Gasteiger partial charge is 0.455 e. The summed E-state index contributed by atoms with van der Waals surface area (Å²) in [6, 6.07) is 76.0. The maximum Gasteiger partial charge on any atom is 0.145 e. The zero-order chi connectivity index (χ0) is 38.2. The van der Waals surface area contributed by atoms with E-state index in [0.717, 1.165) is 66.8 Å². The highest BCUT2D eigenvalue weighted by atomic mass is 16.3. The van der Waals surface area contributed by atoms with Crippen LogP contribution in [0, 0.1) is 0 Å². The molecule has 12 aromatic rings. The summed E-state index contributed by atoms with van der Waals surface area (Å²) in [5.41, 5.74) is 14.5. The lowest BCUT2D eigenvalue weighted by Gasteiger charge is -2.25. The first-order chi connectivity index (χ1) is 28.8. The first-order valence-corrected chi connectivity index (χ1v) is 19.8. The molecule has 0 fully saturated rings. The standard InChI is InChI=1S/C54H35N3O/c1-3-13-38(14-4-1)55(39-15-5-2-6-16-39)40-27-23-36(24-28-40)37-25-29-41(30-26-37)56-48-20-10-7-17-43(48)47-35-42(31-33-50(47)56)57-49-21-11-8-19-46(49)53-51(57)34-32-45-44-18-9-12-22-52(44)58-54(45)53/h1-35H. The lowest BCUT2D eigenvalue weighted by atomic mass is 10.0. The van der Waals surface area contributed by atoms with Gasteiger partial charge < -0.3 is 18.5 Å². The van der Waals surface area contributed by atoms with Crippen molar-refractivity contribution in [3.63, 3.8) is 0 Å². The lowest BCUT2D eigenvalue weighted by molar-refractivity contribution is 0.673. The molecule has 0 spiro atoms. The fraction of sp³-hybridized carbons (Fsp3) is 0. The van der Waals surface area contributed by atoms with Crippen molar-refractivity contribution < 1.29 is 4.42 Å². The number of para-hydroxylation sites is 5. The van der Waals surface area contributed by atoms with Crippen molar-refractivity contribution in [2.75, 3.05) is 4.90 Å². The SMILES string of the molecule is c1ccc(N(c2ccccc2)c2ccc(-c3ccc(-n4c5ccccc5c5cc(-n6c7ccccc7c7c8oc9ccccc9c8ccc76)ccc54)cc3)cc2)cc1. The van der Waals surface area contributed by atoms with Crippen LogP contribution in [-0.4, -0.2) is 9.13 Å². The summed E-state index contributed by atoms with van der Waals surface area (Å²) in [7, 11) is 0. The number of anilines is 3. The van der Waals surface area contributed by atoms with Crippen molar-refractivity contribution in [1.29, 1.82) is 0 Å². The Morgan fingerprint density at radius 1 is 0.328 bits per heavy atom. The molecule has 9 aromatic carbocycles. The van der Waals surface area contributed by atoms with Gasteiger partial charge in [0.25, 0.3) is 0 Å². The molecule has 4 heteroatoms. The van der Waals surface area contributed by atoms with E-state index in [2.05, 4.69) is 220 Å². The lowest BCUT2D eigenvalue weighted by Crippen LogP contribution is -2.09. The van der Waals surface area contributed by atoms with Crippen molar-refractivity contribution in [3.8, 4) is 22.5 Å². The number of benzene rings is 9. The first kappa shape index (κ1) is 32.4. The van der Waals surface area contributed by atoms with E-state index < -0.39 is 0 Å². The van der Waals surface area contributed by atoms with Gasteiger partial charge in [-0.2, -0.15) is 0 Å². The average molecular weight is 742 g/mol. The Balaban J connectivity index is 0.944. The molecule has 0 aliphatic rings. The molecule has 58 heavy (non-hydrogen) atoms. The van der Waals surface area contributed by atoms with Gasteiger partial charge in [0.1, 0.15) is 11.2 Å². The third-order valence-electron chi connectivity index (χ3n) is 11.7. The summed E-state index contributed by atoms with van der Waals surface area (Å²) in [4.78, 5) is 2.29. The summed E-state index contributed by atoms with van der Waals surface area (Å²) in [5, 5.41) is 7.05. The van der Waals surface area contributed by atoms with Gasteiger partial charge in [0.05, 0.1) is 27.5 Å². The van der Waals surface area contributed by atoms with E-state index in [1.165, 1.54) is 38.3 Å². The molecule has 0 N–H and O–H groups in total. The fourth-order valence-electron chi connectivity index (χ4n) is 9.10. The second-order valence-electron chi connectivity index (χ2n) is 14.9. The van der Waals surface area contributed by atoms with E-state index in [4.69, 9.17) is 4.42 Å². The second-order valence-corrected chi connectivity index (χ2v) is 14.9. The Morgan fingerprint density at radius 3 is 1.53 bits per heavy atom. The molecule has 0 atom stereocenters. The summed E-state index contributed by atoms with van der Waals surface area (Å²) < 4.78 is 11.4. The molecule has 0 unspecified atom stereocenters. The van der Waals surface area contributed by atoms with Gasteiger partial charge >= 0.3 is 0 Å². The zero-order valence-electron chi connectivity index (χ0n) is 31.5. The third kappa shape index (κ3) is 4.95. The Hall–Kier alpha value is -7.82. The molecular weight excluding hydrogens is 707 g/mol. The van der Waals surface area contributed by atoms with Crippen LogP contribution in [0.3, 0.4) is 0 Å². The molecule has 4 nitrogen and oxygen atoms in total. The van der Waals surface area contributed by atoms with Crippen molar-refractivity contribution in [1.82, 2.24) is 9.13 Å². The van der Waals surface area contributed by atoms with Gasteiger partial charge in [0.15, 0.2) is 0 Å². The summed E-state index contributed by atoms with van der Waals surface area (Å²) in [6.07, 6.45) is 0. The van der Waals surface area contributed by atoms with Gasteiger partial charge in [0.2, 0.25) is 0 Å². The minimum atomic E-state index is 0.913. The van der Waals surface area contributed by atoms with Crippen LogP contribution in [0.5, 0.6) is 0 Å². The van der Waals surface area contributed by atoms with Gasteiger partial charge in [0, 0.05) is 55.4 Å². The van der Waals surface area contributed by atoms with Crippen LogP contribution in [0.4, 0.5) is 17.1 Å². The summed E-state index contributed by atoms with van der Waals surface area (Å²) in [6.45, 7) is 0. The molecule has 272 valence electrons. The smallest absolute Gasteiger partial charge is 0.145 e. The highest BCUT2D eigenvalue weighted by molar-refractivity contribution is 6.24. The second kappa shape index (κ2) is 12.9. The number of hydrogen-bond acceptors (Lipinski definition) is 2. The molecular formula is C54H35N3O. The molecule has 0 radical (unpaired) electrons. The van der Waals surface area contributed by atoms with E-state index in [1.807, 2.05) is 6.07 Å². The van der Waals surface area contributed by atoms with Crippen LogP contribution < -0.4 is 4.90 Å². The topological polar surface area (TPSA) is 26.2 Å². The third-order valence-corrected chi connectivity index (χ3v) is 11.7. The number of furan rings is 1. The van der Waals surface area contributed by atoms with Gasteiger partial charge in [-0.1, -0.05) is 115 Å². The van der Waals surface area contributed by atoms with Crippen molar-refractivity contribution in [2.45, 2.75) is 0 Å². The predicted octanol–water partition coefficient (Wildman–Crippen LogP) is 14.9. The van der Waals surface area contributed by atoms with Crippen molar-refractivity contribution in [2.24, 2.45) is 0 Å². The molecule has 0 saturated heterocycles.